The Hall–Kier alpha value is -0.690. The Morgan fingerprint density at radius 1 is 1.20 bits per heavy atom. The first-order valence-electron chi connectivity index (χ1n) is 8.03. The summed E-state index contributed by atoms with van der Waals surface area (Å²) in [6.07, 6.45) is 0. The van der Waals surface area contributed by atoms with Gasteiger partial charge in [-0.05, 0) is 56.5 Å². The lowest BCUT2D eigenvalue weighted by molar-refractivity contribution is 0.279. The van der Waals surface area contributed by atoms with Crippen LogP contribution in [0.5, 0.6) is 0 Å². The number of aryl methyl sites for hydroxylation is 1. The summed E-state index contributed by atoms with van der Waals surface area (Å²) in [5.74, 6) is 0. The smallest absolute Gasteiger partial charge is 0.136 e. The molecule has 0 amide bonds. The predicted molar refractivity (Wildman–Crippen MR) is 107 cm³/mol. The van der Waals surface area contributed by atoms with Gasteiger partial charge >= 0.3 is 0 Å². The van der Waals surface area contributed by atoms with E-state index in [0.29, 0.717) is 11.6 Å². The second kappa shape index (κ2) is 8.80. The second-order valence-electron chi connectivity index (χ2n) is 6.81. The number of halogens is 1. The van der Waals surface area contributed by atoms with Gasteiger partial charge in [0.25, 0.3) is 0 Å². The van der Waals surface area contributed by atoms with Crippen molar-refractivity contribution in [3.8, 4) is 0 Å². The monoisotopic (exact) mass is 397 g/mol. The number of benzene rings is 2. The van der Waals surface area contributed by atoms with E-state index in [1.54, 1.807) is 0 Å². The van der Waals surface area contributed by atoms with Gasteiger partial charge in [-0.25, -0.2) is 0 Å². The highest BCUT2D eigenvalue weighted by atomic mass is 35.5. The Bertz CT molecular complexity index is 732. The molecule has 0 aliphatic rings. The van der Waals surface area contributed by atoms with Crippen molar-refractivity contribution in [2.24, 2.45) is 0 Å². The second-order valence-corrected chi connectivity index (χ2v) is 10.3. The lowest BCUT2D eigenvalue weighted by atomic mass is 10.1. The van der Waals surface area contributed by atoms with Gasteiger partial charge < -0.3 is 9.66 Å². The van der Waals surface area contributed by atoms with E-state index in [9.17, 15) is 9.66 Å². The summed E-state index contributed by atoms with van der Waals surface area (Å²) >= 11 is 6.87. The first-order valence-corrected chi connectivity index (χ1v) is 10.4. The van der Waals surface area contributed by atoms with Crippen LogP contribution in [-0.4, -0.2) is 14.4 Å². The van der Waals surface area contributed by atoms with Crippen LogP contribution in [0.15, 0.2) is 46.2 Å². The minimum atomic E-state index is -1.15. The summed E-state index contributed by atoms with van der Waals surface area (Å²) in [6.45, 7) is 8.25. The Labute approximate surface area is 162 Å². The van der Waals surface area contributed by atoms with Crippen molar-refractivity contribution in [2.45, 2.75) is 55.4 Å². The van der Waals surface area contributed by atoms with Crippen LogP contribution in [0.4, 0.5) is 0 Å². The molecule has 0 radical (unpaired) electrons. The number of hydrogen-bond donors (Lipinski definition) is 2. The third-order valence-electron chi connectivity index (χ3n) is 3.57. The maximum Gasteiger partial charge on any atom is 0.136 e. The zero-order valence-corrected chi connectivity index (χ0v) is 17.3. The van der Waals surface area contributed by atoms with Crippen molar-refractivity contribution in [2.75, 3.05) is 0 Å². The normalized spacial score (nSPS) is 13.1. The Kier molecular flexibility index (Phi) is 7.26. The average Bonchev–Trinajstić information content (AvgIpc) is 2.54. The molecule has 0 saturated heterocycles. The van der Waals surface area contributed by atoms with Crippen molar-refractivity contribution < 1.29 is 9.66 Å². The number of aliphatic hydroxyl groups excluding tert-OH is 1. The summed E-state index contributed by atoms with van der Waals surface area (Å²) in [7, 11) is 0. The lowest BCUT2D eigenvalue weighted by Crippen LogP contribution is -2.39. The lowest BCUT2D eigenvalue weighted by Gasteiger charge is -2.24. The van der Waals surface area contributed by atoms with E-state index in [-0.39, 0.29) is 11.4 Å². The molecule has 136 valence electrons. The summed E-state index contributed by atoms with van der Waals surface area (Å²) in [5, 5.41) is 10.2. The standard InChI is InChI=1S/C19H24ClNO2S2/c1-13-9-15(11-21-25(23)19(2,3)4)18(16(20)10-13)24-17-8-6-5-7-14(17)12-22/h5-10,21-22H,11-12H2,1-4H3. The molecule has 2 aromatic rings. The van der Waals surface area contributed by atoms with E-state index in [0.717, 1.165) is 26.5 Å². The molecule has 1 unspecified atom stereocenters. The summed E-state index contributed by atoms with van der Waals surface area (Å²) in [4.78, 5) is 1.89. The van der Waals surface area contributed by atoms with E-state index in [4.69, 9.17) is 11.6 Å². The quantitative estimate of drug-likeness (QED) is 0.684. The highest BCUT2D eigenvalue weighted by Gasteiger charge is 2.26. The molecule has 0 aromatic heterocycles. The summed E-state index contributed by atoms with van der Waals surface area (Å²) in [5.41, 5.74) is 2.92. The molecular formula is C19H24ClNO2S2. The van der Waals surface area contributed by atoms with E-state index >= 15 is 0 Å². The number of rotatable bonds is 6. The first-order chi connectivity index (χ1) is 11.7. The predicted octanol–water partition coefficient (Wildman–Crippen LogP) is 4.84. The van der Waals surface area contributed by atoms with Gasteiger partial charge in [0.1, 0.15) is 4.75 Å². The highest BCUT2D eigenvalue weighted by Crippen LogP contribution is 2.38. The molecule has 1 atom stereocenters. The molecule has 0 heterocycles. The minimum Gasteiger partial charge on any atom is -0.598 e. The van der Waals surface area contributed by atoms with Gasteiger partial charge in [-0.2, -0.15) is 0 Å². The molecule has 0 bridgehead atoms. The topological polar surface area (TPSA) is 55.3 Å². The third kappa shape index (κ3) is 5.64. The summed E-state index contributed by atoms with van der Waals surface area (Å²) in [6, 6.07) is 11.7. The van der Waals surface area contributed by atoms with Crippen molar-refractivity contribution in [1.29, 1.82) is 0 Å². The van der Waals surface area contributed by atoms with Crippen LogP contribution in [0.1, 0.15) is 37.5 Å². The minimum absolute atomic E-state index is 0.0196. The molecule has 0 aliphatic carbocycles. The zero-order valence-electron chi connectivity index (χ0n) is 14.9. The molecule has 3 nitrogen and oxygen atoms in total. The molecular weight excluding hydrogens is 374 g/mol. The van der Waals surface area contributed by atoms with Gasteiger partial charge in [0.05, 0.1) is 18.2 Å². The van der Waals surface area contributed by atoms with Gasteiger partial charge in [0.2, 0.25) is 0 Å². The van der Waals surface area contributed by atoms with E-state index in [1.165, 1.54) is 11.8 Å². The maximum absolute atomic E-state index is 12.3. The van der Waals surface area contributed by atoms with Crippen LogP contribution < -0.4 is 4.72 Å². The van der Waals surface area contributed by atoms with Crippen LogP contribution in [0, 0.1) is 6.92 Å². The first kappa shape index (κ1) is 20.6. The maximum atomic E-state index is 12.3. The van der Waals surface area contributed by atoms with Gasteiger partial charge in [-0.1, -0.05) is 47.6 Å². The Morgan fingerprint density at radius 2 is 1.88 bits per heavy atom. The Balaban J connectivity index is 2.31. The van der Waals surface area contributed by atoms with Gasteiger partial charge in [-0.15, -0.1) is 4.72 Å². The molecule has 2 rings (SSSR count). The molecule has 25 heavy (non-hydrogen) atoms. The van der Waals surface area contributed by atoms with Crippen LogP contribution in [0.3, 0.4) is 0 Å². The molecule has 2 aromatic carbocycles. The van der Waals surface area contributed by atoms with Crippen LogP contribution in [0.2, 0.25) is 5.02 Å². The fourth-order valence-corrected chi connectivity index (χ4v) is 4.43. The van der Waals surface area contributed by atoms with Crippen molar-refractivity contribution >= 4 is 34.7 Å². The van der Waals surface area contributed by atoms with E-state index in [2.05, 4.69) is 10.8 Å². The molecule has 0 fully saturated rings. The largest absolute Gasteiger partial charge is 0.598 e. The van der Waals surface area contributed by atoms with Gasteiger partial charge in [0.15, 0.2) is 0 Å². The molecule has 0 spiro atoms. The van der Waals surface area contributed by atoms with Crippen molar-refractivity contribution in [1.82, 2.24) is 4.72 Å². The Morgan fingerprint density at radius 3 is 2.52 bits per heavy atom. The van der Waals surface area contributed by atoms with Crippen molar-refractivity contribution in [3.63, 3.8) is 0 Å². The molecule has 0 aliphatic heterocycles. The molecule has 6 heteroatoms. The van der Waals surface area contributed by atoms with Crippen LogP contribution in [-0.2, 0) is 24.5 Å². The van der Waals surface area contributed by atoms with E-state index in [1.807, 2.05) is 58.0 Å². The summed E-state index contributed by atoms with van der Waals surface area (Å²) < 4.78 is 15.1. The van der Waals surface area contributed by atoms with Gasteiger partial charge in [-0.3, -0.25) is 0 Å². The number of nitrogens with one attached hydrogen (secondary N) is 1. The van der Waals surface area contributed by atoms with Crippen LogP contribution >= 0.6 is 23.4 Å². The fraction of sp³-hybridized carbons (Fsp3) is 0.368. The van der Waals surface area contributed by atoms with Crippen molar-refractivity contribution in [3.05, 3.63) is 58.1 Å². The number of hydrogen-bond acceptors (Lipinski definition) is 4. The highest BCUT2D eigenvalue weighted by molar-refractivity contribution is 7.99. The average molecular weight is 398 g/mol. The zero-order chi connectivity index (χ0) is 18.6. The SMILES string of the molecule is Cc1cc(Cl)c(Sc2ccccc2CO)c(CN[S+]([O-])C(C)(C)C)c1. The molecule has 0 saturated carbocycles. The van der Waals surface area contributed by atoms with Crippen LogP contribution in [0.25, 0.3) is 0 Å². The fourth-order valence-electron chi connectivity index (χ4n) is 2.25. The third-order valence-corrected chi connectivity index (χ3v) is 6.80. The number of aliphatic hydroxyl groups is 1. The molecule has 2 N–H and O–H groups in total. The van der Waals surface area contributed by atoms with Gasteiger partial charge in [0, 0.05) is 21.2 Å². The van der Waals surface area contributed by atoms with E-state index < -0.39 is 11.4 Å².